The molecule has 1 heterocycles. The normalized spacial score (nSPS) is 23.1. The fraction of sp³-hybridized carbons (Fsp3) is 0.769. The molecule has 98 valence electrons. The van der Waals surface area contributed by atoms with E-state index in [0.717, 1.165) is 19.4 Å². The minimum atomic E-state index is -0.435. The van der Waals surface area contributed by atoms with Gasteiger partial charge < -0.3 is 15.4 Å². The summed E-state index contributed by atoms with van der Waals surface area (Å²) >= 11 is 0. The van der Waals surface area contributed by atoms with Crippen molar-refractivity contribution in [1.82, 2.24) is 4.90 Å². The first-order valence-electron chi connectivity index (χ1n) is 6.23. The summed E-state index contributed by atoms with van der Waals surface area (Å²) in [6.45, 7) is 8.33. The lowest BCUT2D eigenvalue weighted by Crippen LogP contribution is -2.39. The molecule has 1 fully saturated rings. The lowest BCUT2D eigenvalue weighted by atomic mass is 10.2. The van der Waals surface area contributed by atoms with Gasteiger partial charge in [-0.3, -0.25) is 0 Å². The van der Waals surface area contributed by atoms with Crippen LogP contribution in [0.3, 0.4) is 0 Å². The topological polar surface area (TPSA) is 55.6 Å². The van der Waals surface area contributed by atoms with Crippen molar-refractivity contribution < 1.29 is 9.53 Å². The summed E-state index contributed by atoms with van der Waals surface area (Å²) in [5, 5.41) is 0. The number of nitrogens with two attached hydrogens (primary N) is 1. The SMILES string of the molecule is CC(N)/C=C/C1CCCN1C(=O)OC(C)(C)C. The van der Waals surface area contributed by atoms with Crippen molar-refractivity contribution in [2.24, 2.45) is 5.73 Å². The molecule has 0 spiro atoms. The van der Waals surface area contributed by atoms with Gasteiger partial charge in [0.15, 0.2) is 0 Å². The van der Waals surface area contributed by atoms with Gasteiger partial charge in [-0.25, -0.2) is 4.79 Å². The molecule has 17 heavy (non-hydrogen) atoms. The van der Waals surface area contributed by atoms with Crippen molar-refractivity contribution in [1.29, 1.82) is 0 Å². The van der Waals surface area contributed by atoms with E-state index in [1.807, 2.05) is 39.8 Å². The maximum atomic E-state index is 12.0. The number of ether oxygens (including phenoxy) is 1. The Morgan fingerprint density at radius 2 is 2.18 bits per heavy atom. The monoisotopic (exact) mass is 240 g/mol. The molecule has 1 aliphatic rings. The first-order chi connectivity index (χ1) is 7.79. The molecule has 0 bridgehead atoms. The van der Waals surface area contributed by atoms with Crippen molar-refractivity contribution in [2.75, 3.05) is 6.54 Å². The van der Waals surface area contributed by atoms with Crippen LogP contribution in [0.1, 0.15) is 40.5 Å². The molecule has 4 nitrogen and oxygen atoms in total. The molecule has 2 unspecified atom stereocenters. The van der Waals surface area contributed by atoms with Crippen LogP contribution >= 0.6 is 0 Å². The Hall–Kier alpha value is -1.03. The van der Waals surface area contributed by atoms with E-state index in [2.05, 4.69) is 0 Å². The molecule has 1 aliphatic heterocycles. The highest BCUT2D eigenvalue weighted by molar-refractivity contribution is 5.69. The second-order valence-corrected chi connectivity index (χ2v) is 5.63. The second kappa shape index (κ2) is 5.54. The van der Waals surface area contributed by atoms with Crippen LogP contribution in [0.25, 0.3) is 0 Å². The van der Waals surface area contributed by atoms with Gasteiger partial charge in [0, 0.05) is 12.6 Å². The molecular weight excluding hydrogens is 216 g/mol. The zero-order valence-corrected chi connectivity index (χ0v) is 11.3. The molecule has 0 aromatic rings. The third kappa shape index (κ3) is 4.77. The summed E-state index contributed by atoms with van der Waals surface area (Å²) in [4.78, 5) is 13.7. The van der Waals surface area contributed by atoms with E-state index >= 15 is 0 Å². The van der Waals surface area contributed by atoms with Crippen molar-refractivity contribution in [3.8, 4) is 0 Å². The van der Waals surface area contributed by atoms with Gasteiger partial charge in [0.1, 0.15) is 5.60 Å². The standard InChI is InChI=1S/C13H24N2O2/c1-10(14)7-8-11-6-5-9-15(11)12(16)17-13(2,3)4/h7-8,10-11H,5-6,9,14H2,1-4H3/b8-7+. The highest BCUT2D eigenvalue weighted by Gasteiger charge is 2.30. The average Bonchev–Trinajstić information content (AvgIpc) is 2.59. The van der Waals surface area contributed by atoms with E-state index in [4.69, 9.17) is 10.5 Å². The van der Waals surface area contributed by atoms with Crippen LogP contribution in [0.15, 0.2) is 12.2 Å². The Morgan fingerprint density at radius 3 is 2.71 bits per heavy atom. The van der Waals surface area contributed by atoms with Crippen molar-refractivity contribution in [3.05, 3.63) is 12.2 Å². The Kier molecular flexibility index (Phi) is 4.57. The van der Waals surface area contributed by atoms with E-state index in [9.17, 15) is 4.79 Å². The van der Waals surface area contributed by atoms with Crippen LogP contribution in [-0.2, 0) is 4.74 Å². The molecule has 0 aliphatic carbocycles. The molecule has 1 saturated heterocycles. The maximum Gasteiger partial charge on any atom is 0.410 e. The Bertz CT molecular complexity index is 292. The number of likely N-dealkylation sites (tertiary alicyclic amines) is 1. The quantitative estimate of drug-likeness (QED) is 0.753. The smallest absolute Gasteiger partial charge is 0.410 e. The van der Waals surface area contributed by atoms with Crippen LogP contribution in [0.2, 0.25) is 0 Å². The molecule has 1 rings (SSSR count). The second-order valence-electron chi connectivity index (χ2n) is 5.63. The summed E-state index contributed by atoms with van der Waals surface area (Å²) in [7, 11) is 0. The summed E-state index contributed by atoms with van der Waals surface area (Å²) in [6, 6.07) is 0.159. The van der Waals surface area contributed by atoms with Gasteiger partial charge in [0.05, 0.1) is 6.04 Å². The number of nitrogens with zero attached hydrogens (tertiary/aromatic N) is 1. The predicted molar refractivity (Wildman–Crippen MR) is 68.8 cm³/mol. The molecule has 0 saturated carbocycles. The molecule has 0 aromatic carbocycles. The molecule has 4 heteroatoms. The maximum absolute atomic E-state index is 12.0. The fourth-order valence-corrected chi connectivity index (χ4v) is 1.84. The van der Waals surface area contributed by atoms with E-state index in [1.54, 1.807) is 4.90 Å². The average molecular weight is 240 g/mol. The lowest BCUT2D eigenvalue weighted by molar-refractivity contribution is 0.0255. The van der Waals surface area contributed by atoms with Crippen LogP contribution in [0.5, 0.6) is 0 Å². The van der Waals surface area contributed by atoms with Crippen molar-refractivity contribution in [3.63, 3.8) is 0 Å². The van der Waals surface area contributed by atoms with E-state index < -0.39 is 5.60 Å². The van der Waals surface area contributed by atoms with Gasteiger partial charge in [-0.15, -0.1) is 0 Å². The first kappa shape index (κ1) is 14.0. The molecule has 2 atom stereocenters. The number of rotatable bonds is 2. The van der Waals surface area contributed by atoms with Crippen LogP contribution < -0.4 is 5.73 Å². The van der Waals surface area contributed by atoms with Crippen LogP contribution in [0.4, 0.5) is 4.79 Å². The molecule has 0 aromatic heterocycles. The van der Waals surface area contributed by atoms with Gasteiger partial charge in [0.25, 0.3) is 0 Å². The van der Waals surface area contributed by atoms with Gasteiger partial charge in [-0.1, -0.05) is 12.2 Å². The largest absolute Gasteiger partial charge is 0.444 e. The molecule has 2 N–H and O–H groups in total. The predicted octanol–water partition coefficient (Wildman–Crippen LogP) is 2.29. The molecular formula is C13H24N2O2. The Balaban J connectivity index is 2.60. The summed E-state index contributed by atoms with van der Waals surface area (Å²) in [6.07, 6.45) is 5.74. The Labute approximate surface area is 104 Å². The third-order valence-electron chi connectivity index (χ3n) is 2.56. The van der Waals surface area contributed by atoms with Gasteiger partial charge in [-0.05, 0) is 40.5 Å². The number of carbonyl (C=O) groups excluding carboxylic acids is 1. The first-order valence-corrected chi connectivity index (χ1v) is 6.23. The highest BCUT2D eigenvalue weighted by atomic mass is 16.6. The number of carbonyl (C=O) groups is 1. The highest BCUT2D eigenvalue weighted by Crippen LogP contribution is 2.21. The molecule has 1 amide bonds. The lowest BCUT2D eigenvalue weighted by Gasteiger charge is -2.27. The minimum absolute atomic E-state index is 0.0242. The summed E-state index contributed by atoms with van der Waals surface area (Å²) in [5.74, 6) is 0. The summed E-state index contributed by atoms with van der Waals surface area (Å²) in [5.41, 5.74) is 5.24. The number of amides is 1. The van der Waals surface area contributed by atoms with Crippen molar-refractivity contribution >= 4 is 6.09 Å². The third-order valence-corrected chi connectivity index (χ3v) is 2.56. The zero-order valence-electron chi connectivity index (χ0n) is 11.3. The molecule has 0 radical (unpaired) electrons. The zero-order chi connectivity index (χ0) is 13.1. The van der Waals surface area contributed by atoms with Gasteiger partial charge >= 0.3 is 6.09 Å². The summed E-state index contributed by atoms with van der Waals surface area (Å²) < 4.78 is 5.38. The van der Waals surface area contributed by atoms with Crippen LogP contribution in [-0.4, -0.2) is 35.2 Å². The van der Waals surface area contributed by atoms with E-state index in [1.165, 1.54) is 0 Å². The fourth-order valence-electron chi connectivity index (χ4n) is 1.84. The van der Waals surface area contributed by atoms with Crippen molar-refractivity contribution in [2.45, 2.75) is 58.2 Å². The van der Waals surface area contributed by atoms with E-state index in [0.29, 0.717) is 0 Å². The van der Waals surface area contributed by atoms with Gasteiger partial charge in [-0.2, -0.15) is 0 Å². The number of hydrogen-bond acceptors (Lipinski definition) is 3. The Morgan fingerprint density at radius 1 is 1.53 bits per heavy atom. The van der Waals surface area contributed by atoms with E-state index in [-0.39, 0.29) is 18.2 Å². The van der Waals surface area contributed by atoms with Gasteiger partial charge in [0.2, 0.25) is 0 Å². The minimum Gasteiger partial charge on any atom is -0.444 e. The van der Waals surface area contributed by atoms with Crippen LogP contribution in [0, 0.1) is 0 Å². The number of hydrogen-bond donors (Lipinski definition) is 1.